The topological polar surface area (TPSA) is 47.6 Å². The molecule has 0 spiro atoms. The number of ether oxygens (including phenoxy) is 2. The monoisotopic (exact) mass is 263 g/mol. The zero-order chi connectivity index (χ0) is 13.7. The van der Waals surface area contributed by atoms with E-state index in [4.69, 9.17) is 9.47 Å². The summed E-state index contributed by atoms with van der Waals surface area (Å²) >= 11 is 0. The molecule has 0 unspecified atom stereocenters. The molecule has 0 aromatic heterocycles. The summed E-state index contributed by atoms with van der Waals surface area (Å²) in [7, 11) is 0. The summed E-state index contributed by atoms with van der Waals surface area (Å²) < 4.78 is 11.1. The van der Waals surface area contributed by atoms with Crippen molar-refractivity contribution in [1.29, 1.82) is 0 Å². The van der Waals surface area contributed by atoms with E-state index in [9.17, 15) is 4.79 Å². The van der Waals surface area contributed by atoms with Gasteiger partial charge < -0.3 is 14.8 Å². The lowest BCUT2D eigenvalue weighted by atomic mass is 10.1. The van der Waals surface area contributed by atoms with Crippen LogP contribution in [0.15, 0.2) is 24.3 Å². The van der Waals surface area contributed by atoms with Gasteiger partial charge in [-0.3, -0.25) is 4.79 Å². The van der Waals surface area contributed by atoms with Gasteiger partial charge in [0.05, 0.1) is 12.1 Å². The van der Waals surface area contributed by atoms with Crippen LogP contribution in [0.1, 0.15) is 25.3 Å². The molecular formula is C15H21NO3. The number of carbonyl (C=O) groups excluding carboxylic acids is 1. The first-order valence-corrected chi connectivity index (χ1v) is 6.76. The number of nitrogens with one attached hydrogen (secondary N) is 1. The number of benzene rings is 1. The highest BCUT2D eigenvalue weighted by Crippen LogP contribution is 2.17. The Balaban J connectivity index is 1.77. The fourth-order valence-corrected chi connectivity index (χ4v) is 2.25. The molecule has 4 heteroatoms. The third kappa shape index (κ3) is 3.96. The number of hydrogen-bond donors (Lipinski definition) is 1. The molecule has 1 aliphatic heterocycles. The van der Waals surface area contributed by atoms with E-state index >= 15 is 0 Å². The van der Waals surface area contributed by atoms with E-state index in [1.54, 1.807) is 0 Å². The van der Waals surface area contributed by atoms with Gasteiger partial charge in [0.25, 0.3) is 5.91 Å². The Morgan fingerprint density at radius 2 is 2.32 bits per heavy atom. The summed E-state index contributed by atoms with van der Waals surface area (Å²) in [6.45, 7) is 4.77. The van der Waals surface area contributed by atoms with Crippen molar-refractivity contribution in [1.82, 2.24) is 5.32 Å². The van der Waals surface area contributed by atoms with Crippen LogP contribution in [0.2, 0.25) is 0 Å². The minimum Gasteiger partial charge on any atom is -0.484 e. The first-order chi connectivity index (χ1) is 9.16. The minimum absolute atomic E-state index is 0.0375. The smallest absolute Gasteiger partial charge is 0.258 e. The van der Waals surface area contributed by atoms with Gasteiger partial charge in [-0.1, -0.05) is 18.2 Å². The lowest BCUT2D eigenvalue weighted by Gasteiger charge is -2.20. The van der Waals surface area contributed by atoms with Crippen LogP contribution in [0.3, 0.4) is 0 Å². The average Bonchev–Trinajstić information content (AvgIpc) is 2.91. The number of para-hydroxylation sites is 1. The number of hydrogen-bond acceptors (Lipinski definition) is 3. The van der Waals surface area contributed by atoms with E-state index < -0.39 is 0 Å². The van der Waals surface area contributed by atoms with Crippen molar-refractivity contribution in [2.75, 3.05) is 13.2 Å². The molecule has 1 aromatic rings. The van der Waals surface area contributed by atoms with Crippen LogP contribution in [-0.2, 0) is 9.53 Å². The molecular weight excluding hydrogens is 242 g/mol. The Hall–Kier alpha value is -1.55. The second-order valence-electron chi connectivity index (χ2n) is 4.96. The molecule has 1 saturated heterocycles. The average molecular weight is 263 g/mol. The molecule has 2 rings (SSSR count). The van der Waals surface area contributed by atoms with Crippen LogP contribution in [0.25, 0.3) is 0 Å². The van der Waals surface area contributed by atoms with Crippen molar-refractivity contribution in [3.05, 3.63) is 29.8 Å². The lowest BCUT2D eigenvalue weighted by molar-refractivity contribution is -0.124. The number of aryl methyl sites for hydroxylation is 1. The van der Waals surface area contributed by atoms with Gasteiger partial charge in [0.2, 0.25) is 0 Å². The Morgan fingerprint density at radius 1 is 1.53 bits per heavy atom. The van der Waals surface area contributed by atoms with Crippen molar-refractivity contribution >= 4 is 5.91 Å². The van der Waals surface area contributed by atoms with Crippen molar-refractivity contribution in [3.8, 4) is 5.75 Å². The van der Waals surface area contributed by atoms with Gasteiger partial charge in [0, 0.05) is 6.61 Å². The molecule has 104 valence electrons. The standard InChI is InChI=1S/C15H21NO3/c1-11-6-3-4-7-13(11)19-10-15(17)16-12(2)14-8-5-9-18-14/h3-4,6-7,12,14H,5,8-10H2,1-2H3,(H,16,17)/t12-,14+/m0/s1. The van der Waals surface area contributed by atoms with Gasteiger partial charge in [-0.05, 0) is 38.3 Å². The summed E-state index contributed by atoms with van der Waals surface area (Å²) in [5.41, 5.74) is 1.03. The molecule has 1 aromatic carbocycles. The van der Waals surface area contributed by atoms with Gasteiger partial charge in [0.1, 0.15) is 5.75 Å². The molecule has 1 amide bonds. The predicted octanol–water partition coefficient (Wildman–Crippen LogP) is 2.06. The molecule has 1 fully saturated rings. The van der Waals surface area contributed by atoms with E-state index in [-0.39, 0.29) is 24.7 Å². The Morgan fingerprint density at radius 3 is 3.00 bits per heavy atom. The number of carbonyl (C=O) groups is 1. The second-order valence-corrected chi connectivity index (χ2v) is 4.96. The first kappa shape index (κ1) is 13.9. The van der Waals surface area contributed by atoms with Gasteiger partial charge in [0.15, 0.2) is 6.61 Å². The largest absolute Gasteiger partial charge is 0.484 e. The molecule has 1 aliphatic rings. The maximum absolute atomic E-state index is 11.8. The first-order valence-electron chi connectivity index (χ1n) is 6.76. The second kappa shape index (κ2) is 6.57. The molecule has 0 aliphatic carbocycles. The zero-order valence-electron chi connectivity index (χ0n) is 11.5. The van der Waals surface area contributed by atoms with E-state index in [0.717, 1.165) is 30.8 Å². The van der Waals surface area contributed by atoms with Crippen LogP contribution in [0, 0.1) is 6.92 Å². The highest BCUT2D eigenvalue weighted by atomic mass is 16.5. The fourth-order valence-electron chi connectivity index (χ4n) is 2.25. The SMILES string of the molecule is Cc1ccccc1OCC(=O)N[C@@H](C)[C@H]1CCCO1. The van der Waals surface area contributed by atoms with Crippen LogP contribution in [-0.4, -0.2) is 31.3 Å². The van der Waals surface area contributed by atoms with Gasteiger partial charge in [-0.2, -0.15) is 0 Å². The molecule has 4 nitrogen and oxygen atoms in total. The van der Waals surface area contributed by atoms with Gasteiger partial charge >= 0.3 is 0 Å². The Labute approximate surface area is 114 Å². The Bertz CT molecular complexity index is 427. The van der Waals surface area contributed by atoms with Gasteiger partial charge in [-0.25, -0.2) is 0 Å². The van der Waals surface area contributed by atoms with Crippen molar-refractivity contribution in [2.24, 2.45) is 0 Å². The summed E-state index contributed by atoms with van der Waals surface area (Å²) in [4.78, 5) is 11.8. The quantitative estimate of drug-likeness (QED) is 0.884. The maximum Gasteiger partial charge on any atom is 0.258 e. The van der Waals surface area contributed by atoms with E-state index in [1.165, 1.54) is 0 Å². The van der Waals surface area contributed by atoms with Crippen LogP contribution in [0.4, 0.5) is 0 Å². The lowest BCUT2D eigenvalue weighted by Crippen LogP contribution is -2.42. The van der Waals surface area contributed by atoms with E-state index in [2.05, 4.69) is 5.32 Å². The molecule has 0 bridgehead atoms. The fraction of sp³-hybridized carbons (Fsp3) is 0.533. The Kier molecular flexibility index (Phi) is 4.80. The van der Waals surface area contributed by atoms with Crippen LogP contribution >= 0.6 is 0 Å². The zero-order valence-corrected chi connectivity index (χ0v) is 11.5. The molecule has 1 heterocycles. The minimum atomic E-state index is -0.105. The van der Waals surface area contributed by atoms with Crippen molar-refractivity contribution in [2.45, 2.75) is 38.8 Å². The third-order valence-corrected chi connectivity index (χ3v) is 3.36. The normalized spacial score (nSPS) is 20.0. The summed E-state index contributed by atoms with van der Waals surface area (Å²) in [6.07, 6.45) is 2.23. The van der Waals surface area contributed by atoms with Crippen LogP contribution < -0.4 is 10.1 Å². The molecule has 2 atom stereocenters. The van der Waals surface area contributed by atoms with Crippen molar-refractivity contribution < 1.29 is 14.3 Å². The predicted molar refractivity (Wildman–Crippen MR) is 73.3 cm³/mol. The third-order valence-electron chi connectivity index (χ3n) is 3.36. The highest BCUT2D eigenvalue weighted by Gasteiger charge is 2.23. The van der Waals surface area contributed by atoms with E-state index in [1.807, 2.05) is 38.1 Å². The molecule has 0 saturated carbocycles. The molecule has 19 heavy (non-hydrogen) atoms. The van der Waals surface area contributed by atoms with Crippen molar-refractivity contribution in [3.63, 3.8) is 0 Å². The molecule has 1 N–H and O–H groups in total. The van der Waals surface area contributed by atoms with E-state index in [0.29, 0.717) is 0 Å². The summed E-state index contributed by atoms with van der Waals surface area (Å²) in [6, 6.07) is 7.71. The van der Waals surface area contributed by atoms with Crippen LogP contribution in [0.5, 0.6) is 5.75 Å². The summed E-state index contributed by atoms with van der Waals surface area (Å²) in [5, 5.41) is 2.92. The maximum atomic E-state index is 11.8. The highest BCUT2D eigenvalue weighted by molar-refractivity contribution is 5.77. The number of amides is 1. The molecule has 0 radical (unpaired) electrons. The summed E-state index contributed by atoms with van der Waals surface area (Å²) in [5.74, 6) is 0.647. The van der Waals surface area contributed by atoms with Gasteiger partial charge in [-0.15, -0.1) is 0 Å². The number of rotatable bonds is 5.